The Kier molecular flexibility index (Phi) is 16.4. The van der Waals surface area contributed by atoms with Gasteiger partial charge in [0.25, 0.3) is 0 Å². The normalized spacial score (nSPS) is 11.8. The van der Waals surface area contributed by atoms with E-state index in [1.54, 1.807) is 82.3 Å². The Morgan fingerprint density at radius 1 is 0.566 bits per heavy atom. The van der Waals surface area contributed by atoms with Crippen molar-refractivity contribution in [2.45, 2.75) is 73.6 Å². The highest BCUT2D eigenvalue weighted by Crippen LogP contribution is 2.32. The molecule has 0 aliphatic carbocycles. The summed E-state index contributed by atoms with van der Waals surface area (Å²) in [6, 6.07) is 7.45. The Bertz CT molecular complexity index is 3580. The van der Waals surface area contributed by atoms with Crippen molar-refractivity contribution >= 4 is 34.7 Å². The highest BCUT2D eigenvalue weighted by molar-refractivity contribution is 5.99. The molecule has 0 spiro atoms. The van der Waals surface area contributed by atoms with Crippen LogP contribution in [0, 0.1) is 25.7 Å². The SMILES string of the molecule is CC(C)Cn1nccn1.C[C@H](N)Cn1nccn1.Cc1cnc2ccc(-c3nc(C(=O)C[C@@H](C)Cn4nccn4)c(N)nc3-c3ncco3)cn12.Cc1cnc2ccc(-c3nc(C(=O)O)c(N)nc3-c3ncco3)cn12. The number of nitrogens with two attached hydrogens (primary N) is 3. The maximum Gasteiger partial charge on any atom is 0.358 e. The minimum Gasteiger partial charge on any atom is -0.476 e. The minimum absolute atomic E-state index is 0.0223. The number of Topliss-reactive ketones (excluding diaryl/α,β-unsaturated/α-hetero) is 1. The zero-order chi connectivity index (χ0) is 53.9. The first-order chi connectivity index (χ1) is 36.6. The number of aromatic nitrogens is 19. The van der Waals surface area contributed by atoms with Crippen LogP contribution in [0.5, 0.6) is 0 Å². The summed E-state index contributed by atoms with van der Waals surface area (Å²) in [7, 11) is 0. The number of hydrogen-bond acceptors (Lipinski definition) is 21. The molecule has 27 heteroatoms. The molecule has 390 valence electrons. The van der Waals surface area contributed by atoms with E-state index in [0.29, 0.717) is 41.7 Å². The fraction of sp³-hybridized carbons (Fsp3) is 0.265. The van der Waals surface area contributed by atoms with E-state index in [-0.39, 0.29) is 64.7 Å². The van der Waals surface area contributed by atoms with Gasteiger partial charge in [0.05, 0.1) is 69.2 Å². The number of carboxylic acids is 1. The standard InChI is InChI=1S/C22H21N9O2.C16H12N6O3.C6H11N3.C5H10N4/c1-13(11-31-26-5-6-27-31)9-16(32)19-21(23)29-20(22-24-7-8-33-22)18(28-19)15-3-4-17-25-10-14(2)30(17)12-15;1-8-6-19-10-3-2-9(7-22(8)10)11-12(15-18-4-5-25-15)21-14(17)13(20-11)16(23)24;1-6(2)5-9-7-3-4-8-9;1-5(6)4-9-7-2-3-8-9/h3-8,10,12-13H,9,11H2,1-2H3,(H2,23,29);2-7H,1H3,(H2,17,21)(H,23,24);3-4,6H,5H2,1-2H3;2-3,5H,4,6H2,1H3/t13-;;;5-/m1..0/s1. The molecule has 0 aromatic carbocycles. The quantitative estimate of drug-likeness (QED) is 0.0986. The number of aromatic carboxylic acids is 1. The number of hydrogen-bond donors (Lipinski definition) is 4. The van der Waals surface area contributed by atoms with Crippen LogP contribution in [-0.2, 0) is 19.6 Å². The van der Waals surface area contributed by atoms with Gasteiger partial charge in [0, 0.05) is 59.8 Å². The summed E-state index contributed by atoms with van der Waals surface area (Å²) in [6.45, 7) is 14.1. The number of rotatable bonds is 14. The summed E-state index contributed by atoms with van der Waals surface area (Å²) in [4.78, 5) is 63.7. The van der Waals surface area contributed by atoms with Crippen LogP contribution in [0.1, 0.15) is 66.5 Å². The van der Waals surface area contributed by atoms with Crippen LogP contribution in [0.15, 0.2) is 120 Å². The van der Waals surface area contributed by atoms with Gasteiger partial charge < -0.3 is 39.9 Å². The number of nitrogen functional groups attached to an aromatic ring is 2. The van der Waals surface area contributed by atoms with Crippen molar-refractivity contribution in [2.24, 2.45) is 17.6 Å². The number of anilines is 2. The van der Waals surface area contributed by atoms with Crippen LogP contribution < -0.4 is 17.2 Å². The largest absolute Gasteiger partial charge is 0.476 e. The molecule has 0 radical (unpaired) electrons. The second kappa shape index (κ2) is 23.7. The molecule has 27 nitrogen and oxygen atoms in total. The summed E-state index contributed by atoms with van der Waals surface area (Å²) >= 11 is 0. The first kappa shape index (κ1) is 52.4. The Morgan fingerprint density at radius 3 is 1.42 bits per heavy atom. The van der Waals surface area contributed by atoms with E-state index < -0.39 is 5.97 Å². The van der Waals surface area contributed by atoms with Crippen molar-refractivity contribution in [3.05, 3.63) is 134 Å². The fourth-order valence-corrected chi connectivity index (χ4v) is 7.48. The Hall–Kier alpha value is -9.92. The zero-order valence-corrected chi connectivity index (χ0v) is 42.3. The van der Waals surface area contributed by atoms with Crippen LogP contribution in [-0.4, -0.2) is 117 Å². The summed E-state index contributed by atoms with van der Waals surface area (Å²) in [5.74, 6) is -0.573. The van der Waals surface area contributed by atoms with E-state index in [1.807, 2.05) is 54.8 Å². The first-order valence-corrected chi connectivity index (χ1v) is 23.7. The maximum atomic E-state index is 13.1. The summed E-state index contributed by atoms with van der Waals surface area (Å²) in [6.07, 6.45) is 23.1. The van der Waals surface area contributed by atoms with Crippen molar-refractivity contribution in [1.29, 1.82) is 0 Å². The van der Waals surface area contributed by atoms with Gasteiger partial charge in [-0.3, -0.25) is 4.79 Å². The topological polar surface area (TPSA) is 363 Å². The molecule has 0 unspecified atom stereocenters. The van der Waals surface area contributed by atoms with Crippen molar-refractivity contribution in [2.75, 3.05) is 11.5 Å². The lowest BCUT2D eigenvalue weighted by molar-refractivity contribution is 0.0691. The molecular formula is C49H54N22O5. The molecule has 11 rings (SSSR count). The number of pyridine rings is 2. The van der Waals surface area contributed by atoms with Crippen LogP contribution in [0.2, 0.25) is 0 Å². The third kappa shape index (κ3) is 12.8. The molecule has 0 fully saturated rings. The first-order valence-electron chi connectivity index (χ1n) is 23.7. The Morgan fingerprint density at radius 2 is 1.00 bits per heavy atom. The third-order valence-electron chi connectivity index (χ3n) is 10.9. The van der Waals surface area contributed by atoms with Crippen LogP contribution >= 0.6 is 0 Å². The molecular weight excluding hydrogens is 977 g/mol. The smallest absolute Gasteiger partial charge is 0.358 e. The zero-order valence-electron chi connectivity index (χ0n) is 42.3. The lowest BCUT2D eigenvalue weighted by Gasteiger charge is -2.13. The number of carbonyl (C=O) groups is 2. The van der Waals surface area contributed by atoms with Gasteiger partial charge in [-0.25, -0.2) is 44.7 Å². The lowest BCUT2D eigenvalue weighted by atomic mass is 10.0. The fourth-order valence-electron chi connectivity index (χ4n) is 7.48. The minimum atomic E-state index is -1.26. The molecule has 7 N–H and O–H groups in total. The monoisotopic (exact) mass is 1030 g/mol. The number of carboxylic acid groups (broad SMARTS) is 1. The van der Waals surface area contributed by atoms with E-state index in [2.05, 4.69) is 84.3 Å². The molecule has 11 aromatic rings. The molecule has 0 bridgehead atoms. The third-order valence-corrected chi connectivity index (χ3v) is 10.9. The predicted octanol–water partition coefficient (Wildman–Crippen LogP) is 5.43. The number of imidazole rings is 2. The van der Waals surface area contributed by atoms with Gasteiger partial charge >= 0.3 is 5.97 Å². The van der Waals surface area contributed by atoms with Crippen LogP contribution in [0.3, 0.4) is 0 Å². The van der Waals surface area contributed by atoms with Crippen molar-refractivity contribution in [1.82, 2.24) is 93.7 Å². The van der Waals surface area contributed by atoms with Gasteiger partial charge in [0.1, 0.15) is 40.9 Å². The molecule has 11 heterocycles. The molecule has 76 heavy (non-hydrogen) atoms. The van der Waals surface area contributed by atoms with Crippen LogP contribution in [0.25, 0.3) is 57.0 Å². The Labute approximate surface area is 432 Å². The summed E-state index contributed by atoms with van der Waals surface area (Å²) < 4.78 is 14.6. The van der Waals surface area contributed by atoms with E-state index in [0.717, 1.165) is 34.8 Å². The number of fused-ring (bicyclic) bond motifs is 2. The van der Waals surface area contributed by atoms with Gasteiger partial charge in [-0.15, -0.1) is 0 Å². The average molecular weight is 1030 g/mol. The van der Waals surface area contributed by atoms with Gasteiger partial charge in [-0.05, 0) is 56.9 Å². The van der Waals surface area contributed by atoms with E-state index >= 15 is 0 Å². The van der Waals surface area contributed by atoms with E-state index in [4.69, 9.17) is 26.0 Å². The molecule has 0 aliphatic heterocycles. The number of aryl methyl sites for hydroxylation is 2. The highest BCUT2D eigenvalue weighted by Gasteiger charge is 2.25. The number of ketones is 1. The second-order valence-electron chi connectivity index (χ2n) is 17.7. The highest BCUT2D eigenvalue weighted by atomic mass is 16.4. The Balaban J connectivity index is 0.000000155. The summed E-state index contributed by atoms with van der Waals surface area (Å²) in [5, 5.41) is 33.2. The predicted molar refractivity (Wildman–Crippen MR) is 275 cm³/mol. The molecule has 0 amide bonds. The number of oxazole rings is 2. The molecule has 0 saturated carbocycles. The number of carbonyl (C=O) groups excluding carboxylic acids is 1. The van der Waals surface area contributed by atoms with E-state index in [9.17, 15) is 14.7 Å². The van der Waals surface area contributed by atoms with E-state index in [1.165, 1.54) is 24.9 Å². The van der Waals surface area contributed by atoms with Crippen LogP contribution in [0.4, 0.5) is 11.6 Å². The van der Waals surface area contributed by atoms with Gasteiger partial charge in [-0.2, -0.15) is 45.0 Å². The van der Waals surface area contributed by atoms with Gasteiger partial charge in [0.2, 0.25) is 11.8 Å². The second-order valence-corrected chi connectivity index (χ2v) is 17.7. The van der Waals surface area contributed by atoms with Crippen molar-refractivity contribution in [3.63, 3.8) is 0 Å². The molecule has 0 saturated heterocycles. The van der Waals surface area contributed by atoms with Crippen molar-refractivity contribution in [3.8, 4) is 45.7 Å². The molecule has 0 aliphatic rings. The molecule has 2 atom stereocenters. The number of nitrogens with zero attached hydrogens (tertiary/aromatic N) is 19. The summed E-state index contributed by atoms with van der Waals surface area (Å²) in [5.41, 5.74) is 23.4. The van der Waals surface area contributed by atoms with Gasteiger partial charge in [-0.1, -0.05) is 20.8 Å². The average Bonchev–Trinajstić information content (AvgIpc) is 4.27. The molecule has 11 aromatic heterocycles. The maximum absolute atomic E-state index is 13.1. The van der Waals surface area contributed by atoms with Crippen molar-refractivity contribution < 1.29 is 23.5 Å². The lowest BCUT2D eigenvalue weighted by Crippen LogP contribution is -2.23. The van der Waals surface area contributed by atoms with Gasteiger partial charge in [0.15, 0.2) is 34.5 Å².